The van der Waals surface area contributed by atoms with Crippen molar-refractivity contribution >= 4 is 0 Å². The summed E-state index contributed by atoms with van der Waals surface area (Å²) in [6.07, 6.45) is 9.63. The van der Waals surface area contributed by atoms with Crippen LogP contribution in [-0.4, -0.2) is 25.4 Å². The second-order valence-corrected chi connectivity index (χ2v) is 9.26. The van der Waals surface area contributed by atoms with E-state index in [2.05, 4.69) is 55.4 Å². The van der Waals surface area contributed by atoms with Crippen molar-refractivity contribution in [2.45, 2.75) is 113 Å². The predicted octanol–water partition coefficient (Wildman–Crippen LogP) is 7.11. The summed E-state index contributed by atoms with van der Waals surface area (Å²) in [4.78, 5) is 0. The Morgan fingerprint density at radius 1 is 0.560 bits per heavy atom. The first kappa shape index (κ1) is 24.9. The fourth-order valence-electron chi connectivity index (χ4n) is 3.15. The Morgan fingerprint density at radius 3 is 1.64 bits per heavy atom. The van der Waals surface area contributed by atoms with E-state index in [1.807, 2.05) is 0 Å². The number of ether oxygens (including phenoxy) is 2. The average molecular weight is 357 g/mol. The quantitative estimate of drug-likeness (QED) is 0.293. The minimum Gasteiger partial charge on any atom is -0.379 e. The molecule has 0 heterocycles. The number of hydrogen-bond acceptors (Lipinski definition) is 2. The summed E-state index contributed by atoms with van der Waals surface area (Å²) in [6.45, 7) is 20.0. The number of hydrogen-bond donors (Lipinski definition) is 0. The molecule has 0 aromatic heterocycles. The standard InChI is InChI=1S/C23H48O2/c1-18(2)10-9-11-21(7)15-17-25-23(19(3)4)13-12-22(8)14-16-24-20(5)6/h18-23H,9-17H2,1-8H3. The van der Waals surface area contributed by atoms with Crippen LogP contribution in [0.4, 0.5) is 0 Å². The van der Waals surface area contributed by atoms with Crippen molar-refractivity contribution in [3.05, 3.63) is 0 Å². The third kappa shape index (κ3) is 15.9. The fourth-order valence-corrected chi connectivity index (χ4v) is 3.15. The second kappa shape index (κ2) is 15.0. The molecule has 0 amide bonds. The molecule has 0 aliphatic heterocycles. The van der Waals surface area contributed by atoms with Gasteiger partial charge in [-0.3, -0.25) is 0 Å². The molecule has 0 N–H and O–H groups in total. The highest BCUT2D eigenvalue weighted by Crippen LogP contribution is 2.21. The molecular formula is C23H48O2. The SMILES string of the molecule is CC(C)CCCC(C)CCOC(CCC(C)CCOC(C)C)C(C)C. The molecule has 0 bridgehead atoms. The van der Waals surface area contributed by atoms with E-state index in [4.69, 9.17) is 9.47 Å². The first-order valence-corrected chi connectivity index (χ1v) is 11.0. The predicted molar refractivity (Wildman–Crippen MR) is 111 cm³/mol. The van der Waals surface area contributed by atoms with Crippen LogP contribution in [0, 0.1) is 23.7 Å². The molecule has 0 aliphatic carbocycles. The van der Waals surface area contributed by atoms with Gasteiger partial charge in [0.25, 0.3) is 0 Å². The van der Waals surface area contributed by atoms with E-state index >= 15 is 0 Å². The summed E-state index contributed by atoms with van der Waals surface area (Å²) in [5.74, 6) is 2.95. The summed E-state index contributed by atoms with van der Waals surface area (Å²) in [5.41, 5.74) is 0. The first-order valence-electron chi connectivity index (χ1n) is 11.0. The lowest BCUT2D eigenvalue weighted by molar-refractivity contribution is 0.00528. The maximum Gasteiger partial charge on any atom is 0.0598 e. The highest BCUT2D eigenvalue weighted by atomic mass is 16.5. The van der Waals surface area contributed by atoms with Gasteiger partial charge in [0.05, 0.1) is 12.2 Å². The van der Waals surface area contributed by atoms with Gasteiger partial charge in [-0.1, -0.05) is 60.8 Å². The van der Waals surface area contributed by atoms with Gasteiger partial charge in [-0.05, 0) is 63.2 Å². The topological polar surface area (TPSA) is 18.5 Å². The van der Waals surface area contributed by atoms with Crippen LogP contribution < -0.4 is 0 Å². The Bertz CT molecular complexity index is 286. The summed E-state index contributed by atoms with van der Waals surface area (Å²) in [7, 11) is 0. The minimum atomic E-state index is 0.349. The van der Waals surface area contributed by atoms with E-state index in [1.165, 1.54) is 38.5 Å². The van der Waals surface area contributed by atoms with Crippen molar-refractivity contribution in [1.82, 2.24) is 0 Å². The third-order valence-electron chi connectivity index (χ3n) is 5.17. The molecule has 0 aromatic carbocycles. The largest absolute Gasteiger partial charge is 0.379 e. The van der Waals surface area contributed by atoms with E-state index in [9.17, 15) is 0 Å². The lowest BCUT2D eigenvalue weighted by atomic mass is 9.95. The maximum absolute atomic E-state index is 6.26. The van der Waals surface area contributed by atoms with Crippen molar-refractivity contribution in [2.75, 3.05) is 13.2 Å². The molecule has 25 heavy (non-hydrogen) atoms. The molecule has 2 nitrogen and oxygen atoms in total. The van der Waals surface area contributed by atoms with E-state index < -0.39 is 0 Å². The fraction of sp³-hybridized carbons (Fsp3) is 1.00. The first-order chi connectivity index (χ1) is 11.7. The van der Waals surface area contributed by atoms with Crippen LogP contribution in [0.3, 0.4) is 0 Å². The molecule has 0 aromatic rings. The Hall–Kier alpha value is -0.0800. The van der Waals surface area contributed by atoms with Crippen molar-refractivity contribution in [3.8, 4) is 0 Å². The number of rotatable bonds is 16. The van der Waals surface area contributed by atoms with Crippen LogP contribution >= 0.6 is 0 Å². The van der Waals surface area contributed by atoms with Gasteiger partial charge in [0.2, 0.25) is 0 Å². The van der Waals surface area contributed by atoms with Crippen molar-refractivity contribution in [2.24, 2.45) is 23.7 Å². The zero-order valence-corrected chi connectivity index (χ0v) is 18.6. The Morgan fingerprint density at radius 2 is 1.12 bits per heavy atom. The maximum atomic E-state index is 6.26. The molecule has 0 fully saturated rings. The van der Waals surface area contributed by atoms with Crippen LogP contribution in [0.15, 0.2) is 0 Å². The molecule has 3 unspecified atom stereocenters. The lowest BCUT2D eigenvalue weighted by Gasteiger charge is -2.24. The van der Waals surface area contributed by atoms with Gasteiger partial charge in [-0.2, -0.15) is 0 Å². The van der Waals surface area contributed by atoms with Crippen molar-refractivity contribution in [1.29, 1.82) is 0 Å². The Kier molecular flexibility index (Phi) is 15.0. The summed E-state index contributed by atoms with van der Waals surface area (Å²) in [5, 5.41) is 0. The monoisotopic (exact) mass is 356 g/mol. The highest BCUT2D eigenvalue weighted by molar-refractivity contribution is 4.66. The second-order valence-electron chi connectivity index (χ2n) is 9.26. The smallest absolute Gasteiger partial charge is 0.0598 e. The molecule has 0 aliphatic rings. The van der Waals surface area contributed by atoms with Crippen molar-refractivity contribution in [3.63, 3.8) is 0 Å². The molecular weight excluding hydrogens is 308 g/mol. The normalized spacial score (nSPS) is 16.0. The Balaban J connectivity index is 3.90. The molecule has 0 spiro atoms. The zero-order chi connectivity index (χ0) is 19.2. The van der Waals surface area contributed by atoms with E-state index in [1.54, 1.807) is 0 Å². The van der Waals surface area contributed by atoms with Crippen LogP contribution in [0.2, 0.25) is 0 Å². The summed E-state index contributed by atoms with van der Waals surface area (Å²) in [6, 6.07) is 0. The van der Waals surface area contributed by atoms with Gasteiger partial charge in [0.15, 0.2) is 0 Å². The molecule has 0 rings (SSSR count). The van der Waals surface area contributed by atoms with Gasteiger partial charge in [0.1, 0.15) is 0 Å². The molecule has 0 radical (unpaired) electrons. The lowest BCUT2D eigenvalue weighted by Crippen LogP contribution is -2.22. The zero-order valence-electron chi connectivity index (χ0n) is 18.6. The average Bonchev–Trinajstić information content (AvgIpc) is 2.49. The van der Waals surface area contributed by atoms with Crippen molar-refractivity contribution < 1.29 is 9.47 Å². The van der Waals surface area contributed by atoms with Gasteiger partial charge < -0.3 is 9.47 Å². The van der Waals surface area contributed by atoms with Gasteiger partial charge in [-0.25, -0.2) is 0 Å². The van der Waals surface area contributed by atoms with E-state index in [-0.39, 0.29) is 0 Å². The summed E-state index contributed by atoms with van der Waals surface area (Å²) < 4.78 is 11.9. The molecule has 0 saturated carbocycles. The van der Waals surface area contributed by atoms with Gasteiger partial charge >= 0.3 is 0 Å². The minimum absolute atomic E-state index is 0.349. The molecule has 3 atom stereocenters. The van der Waals surface area contributed by atoms with E-state index in [0.29, 0.717) is 18.1 Å². The molecule has 152 valence electrons. The van der Waals surface area contributed by atoms with Gasteiger partial charge in [0, 0.05) is 13.2 Å². The van der Waals surface area contributed by atoms with Crippen LogP contribution in [0.1, 0.15) is 100 Å². The Labute approximate surface area is 159 Å². The van der Waals surface area contributed by atoms with Crippen LogP contribution in [-0.2, 0) is 9.47 Å². The van der Waals surface area contributed by atoms with Gasteiger partial charge in [-0.15, -0.1) is 0 Å². The van der Waals surface area contributed by atoms with Crippen LogP contribution in [0.25, 0.3) is 0 Å². The van der Waals surface area contributed by atoms with E-state index in [0.717, 1.165) is 37.4 Å². The summed E-state index contributed by atoms with van der Waals surface area (Å²) >= 11 is 0. The third-order valence-corrected chi connectivity index (χ3v) is 5.17. The van der Waals surface area contributed by atoms with Crippen LogP contribution in [0.5, 0.6) is 0 Å². The molecule has 0 saturated heterocycles. The highest BCUT2D eigenvalue weighted by Gasteiger charge is 2.16. The molecule has 2 heteroatoms.